The first-order valence-corrected chi connectivity index (χ1v) is 6.76. The van der Waals surface area contributed by atoms with E-state index in [-0.39, 0.29) is 33.4 Å². The number of nitrogens with zero attached hydrogens (tertiary/aromatic N) is 1. The van der Waals surface area contributed by atoms with Crippen LogP contribution in [0.15, 0.2) is 12.1 Å². The van der Waals surface area contributed by atoms with Gasteiger partial charge < -0.3 is 11.1 Å². The minimum Gasteiger partial charge on any atom is -0.392 e. The van der Waals surface area contributed by atoms with E-state index in [9.17, 15) is 14.9 Å². The van der Waals surface area contributed by atoms with Crippen molar-refractivity contribution >= 4 is 28.9 Å². The monoisotopic (exact) mass is 297 g/mol. The van der Waals surface area contributed by atoms with Gasteiger partial charge in [0, 0.05) is 17.2 Å². The summed E-state index contributed by atoms with van der Waals surface area (Å²) in [5.74, 6) is -0.362. The third-order valence-electron chi connectivity index (χ3n) is 3.69. The van der Waals surface area contributed by atoms with Gasteiger partial charge in [-0.3, -0.25) is 14.9 Å². The van der Waals surface area contributed by atoms with Crippen molar-refractivity contribution in [2.45, 2.75) is 38.1 Å². The highest BCUT2D eigenvalue weighted by atomic mass is 35.5. The molecule has 1 amide bonds. The molecule has 0 radical (unpaired) electrons. The van der Waals surface area contributed by atoms with Crippen LogP contribution < -0.4 is 11.1 Å². The molecule has 0 saturated heterocycles. The Bertz CT molecular complexity index is 568. The van der Waals surface area contributed by atoms with E-state index in [2.05, 4.69) is 5.32 Å². The molecule has 1 fully saturated rings. The summed E-state index contributed by atoms with van der Waals surface area (Å²) in [6, 6.07) is 2.52. The summed E-state index contributed by atoms with van der Waals surface area (Å²) in [4.78, 5) is 22.5. The van der Waals surface area contributed by atoms with Gasteiger partial charge in [-0.15, -0.1) is 0 Å². The number of anilines is 1. The molecule has 20 heavy (non-hydrogen) atoms. The molecule has 6 nitrogen and oxygen atoms in total. The van der Waals surface area contributed by atoms with Crippen LogP contribution in [0.4, 0.5) is 11.4 Å². The number of rotatable bonds is 3. The normalized spacial score (nSPS) is 16.9. The molecule has 0 aromatic heterocycles. The molecule has 0 bridgehead atoms. The molecule has 0 heterocycles. The second kappa shape index (κ2) is 5.28. The summed E-state index contributed by atoms with van der Waals surface area (Å²) < 4.78 is 0. The van der Waals surface area contributed by atoms with E-state index >= 15 is 0 Å². The van der Waals surface area contributed by atoms with Crippen LogP contribution in [0.5, 0.6) is 0 Å². The first-order valence-electron chi connectivity index (χ1n) is 6.38. The van der Waals surface area contributed by atoms with E-state index in [1.54, 1.807) is 0 Å². The molecule has 0 unspecified atom stereocenters. The number of nitrogens with two attached hydrogens (primary N) is 1. The molecule has 2 rings (SSSR count). The minimum absolute atomic E-state index is 0.0147. The van der Waals surface area contributed by atoms with E-state index in [1.807, 2.05) is 6.92 Å². The van der Waals surface area contributed by atoms with E-state index in [1.165, 1.54) is 6.07 Å². The zero-order valence-corrected chi connectivity index (χ0v) is 11.9. The molecule has 108 valence electrons. The Balaban J connectivity index is 2.28. The Kier molecular flexibility index (Phi) is 3.85. The van der Waals surface area contributed by atoms with Gasteiger partial charge in [0.25, 0.3) is 11.6 Å². The predicted molar refractivity (Wildman–Crippen MR) is 76.9 cm³/mol. The standard InChI is InChI=1S/C13H16ClN3O3/c1-13(4-2-3-5-13)16-12(18)8-6-9(14)11(15)10(7-8)17(19)20/h6-7H,2-5,15H2,1H3,(H,16,18). The van der Waals surface area contributed by atoms with Gasteiger partial charge in [0.2, 0.25) is 0 Å². The van der Waals surface area contributed by atoms with Crippen LogP contribution in [0.3, 0.4) is 0 Å². The number of halogens is 1. The van der Waals surface area contributed by atoms with E-state index in [0.717, 1.165) is 31.7 Å². The number of nitro benzene ring substituents is 1. The fourth-order valence-electron chi connectivity index (χ4n) is 2.51. The molecule has 7 heteroatoms. The van der Waals surface area contributed by atoms with Crippen molar-refractivity contribution in [1.82, 2.24) is 5.32 Å². The van der Waals surface area contributed by atoms with Crippen molar-refractivity contribution < 1.29 is 9.72 Å². The average Bonchev–Trinajstić information content (AvgIpc) is 2.78. The van der Waals surface area contributed by atoms with E-state index in [0.29, 0.717) is 0 Å². The second-order valence-electron chi connectivity index (χ2n) is 5.37. The molecular formula is C13H16ClN3O3. The first kappa shape index (κ1) is 14.6. The van der Waals surface area contributed by atoms with E-state index < -0.39 is 4.92 Å². The Labute approximate surface area is 121 Å². The highest BCUT2D eigenvalue weighted by Crippen LogP contribution is 2.32. The van der Waals surface area contributed by atoms with Gasteiger partial charge in [0.15, 0.2) is 0 Å². The Morgan fingerprint density at radius 1 is 1.45 bits per heavy atom. The summed E-state index contributed by atoms with van der Waals surface area (Å²) in [5.41, 5.74) is 4.97. The number of nitro groups is 1. The molecule has 0 spiro atoms. The number of carbonyl (C=O) groups is 1. The number of hydrogen-bond acceptors (Lipinski definition) is 4. The summed E-state index contributed by atoms with van der Waals surface area (Å²) in [6.07, 6.45) is 3.95. The number of benzene rings is 1. The van der Waals surface area contributed by atoms with Gasteiger partial charge in [-0.05, 0) is 25.8 Å². The molecular weight excluding hydrogens is 282 g/mol. The average molecular weight is 298 g/mol. The zero-order valence-electron chi connectivity index (χ0n) is 11.1. The smallest absolute Gasteiger partial charge is 0.294 e. The first-order chi connectivity index (χ1) is 9.32. The summed E-state index contributed by atoms with van der Waals surface area (Å²) >= 11 is 5.85. The Morgan fingerprint density at radius 2 is 2.05 bits per heavy atom. The van der Waals surface area contributed by atoms with Gasteiger partial charge in [0.1, 0.15) is 5.69 Å². The van der Waals surface area contributed by atoms with Crippen molar-refractivity contribution in [2.75, 3.05) is 5.73 Å². The zero-order chi connectivity index (χ0) is 14.9. The quantitative estimate of drug-likeness (QED) is 0.509. The fourth-order valence-corrected chi connectivity index (χ4v) is 2.73. The summed E-state index contributed by atoms with van der Waals surface area (Å²) in [5, 5.41) is 13.8. The molecule has 3 N–H and O–H groups in total. The van der Waals surface area contributed by atoms with Crippen LogP contribution in [0.25, 0.3) is 0 Å². The van der Waals surface area contributed by atoms with Crippen molar-refractivity contribution in [2.24, 2.45) is 0 Å². The lowest BCUT2D eigenvalue weighted by Gasteiger charge is -2.25. The summed E-state index contributed by atoms with van der Waals surface area (Å²) in [6.45, 7) is 1.98. The summed E-state index contributed by atoms with van der Waals surface area (Å²) in [7, 11) is 0. The van der Waals surface area contributed by atoms with Gasteiger partial charge in [0.05, 0.1) is 9.95 Å². The van der Waals surface area contributed by atoms with Crippen LogP contribution >= 0.6 is 11.6 Å². The van der Waals surface area contributed by atoms with Gasteiger partial charge >= 0.3 is 0 Å². The lowest BCUT2D eigenvalue weighted by atomic mass is 10.00. The molecule has 0 atom stereocenters. The minimum atomic E-state index is -0.644. The Hall–Kier alpha value is -1.82. The van der Waals surface area contributed by atoms with Gasteiger partial charge in [-0.1, -0.05) is 24.4 Å². The van der Waals surface area contributed by atoms with Gasteiger partial charge in [-0.2, -0.15) is 0 Å². The number of hydrogen-bond donors (Lipinski definition) is 2. The van der Waals surface area contributed by atoms with Crippen molar-refractivity contribution in [3.05, 3.63) is 32.8 Å². The predicted octanol–water partition coefficient (Wildman–Crippen LogP) is 2.89. The van der Waals surface area contributed by atoms with Crippen LogP contribution in [0.2, 0.25) is 5.02 Å². The van der Waals surface area contributed by atoms with Crippen LogP contribution in [0, 0.1) is 10.1 Å². The number of nitrogen functional groups attached to an aromatic ring is 1. The highest BCUT2D eigenvalue weighted by molar-refractivity contribution is 6.34. The SMILES string of the molecule is CC1(NC(=O)c2cc(Cl)c(N)c([N+](=O)[O-])c2)CCCC1. The lowest BCUT2D eigenvalue weighted by molar-refractivity contribution is -0.383. The molecule has 1 saturated carbocycles. The maximum Gasteiger partial charge on any atom is 0.294 e. The van der Waals surface area contributed by atoms with Gasteiger partial charge in [-0.25, -0.2) is 0 Å². The molecule has 1 aliphatic carbocycles. The van der Waals surface area contributed by atoms with E-state index in [4.69, 9.17) is 17.3 Å². The molecule has 1 aliphatic rings. The topological polar surface area (TPSA) is 98.3 Å². The van der Waals surface area contributed by atoms with Crippen LogP contribution in [-0.2, 0) is 0 Å². The van der Waals surface area contributed by atoms with Crippen LogP contribution in [-0.4, -0.2) is 16.4 Å². The molecule has 1 aromatic carbocycles. The highest BCUT2D eigenvalue weighted by Gasteiger charge is 2.31. The largest absolute Gasteiger partial charge is 0.392 e. The third kappa shape index (κ3) is 2.85. The van der Waals surface area contributed by atoms with Crippen molar-refractivity contribution in [3.63, 3.8) is 0 Å². The number of amides is 1. The molecule has 1 aromatic rings. The Morgan fingerprint density at radius 3 is 2.60 bits per heavy atom. The maximum atomic E-state index is 12.2. The van der Waals surface area contributed by atoms with Crippen molar-refractivity contribution in [1.29, 1.82) is 0 Å². The molecule has 0 aliphatic heterocycles. The fraction of sp³-hybridized carbons (Fsp3) is 0.462. The second-order valence-corrected chi connectivity index (χ2v) is 5.78. The lowest BCUT2D eigenvalue weighted by Crippen LogP contribution is -2.43. The number of carbonyl (C=O) groups excluding carboxylic acids is 1. The third-order valence-corrected chi connectivity index (χ3v) is 4.00. The maximum absolute atomic E-state index is 12.2. The number of nitrogens with one attached hydrogen (secondary N) is 1. The van der Waals surface area contributed by atoms with Crippen LogP contribution in [0.1, 0.15) is 43.0 Å². The van der Waals surface area contributed by atoms with Crippen molar-refractivity contribution in [3.8, 4) is 0 Å².